The van der Waals surface area contributed by atoms with Gasteiger partial charge in [0.1, 0.15) is 153 Å². The predicted octanol–water partition coefficient (Wildman–Crippen LogP) is -14.7. The maximum Gasteiger partial charge on any atom is 0.187 e. The van der Waals surface area contributed by atoms with E-state index < -0.39 is 217 Å². The van der Waals surface area contributed by atoms with Gasteiger partial charge in [0.05, 0.1) is 39.6 Å². The Labute approximate surface area is 396 Å². The summed E-state index contributed by atoms with van der Waals surface area (Å²) in [6, 6.07) is 0. The first-order chi connectivity index (χ1) is 33.1. The van der Waals surface area contributed by atoms with Crippen LogP contribution in [0.4, 0.5) is 0 Å². The number of aliphatic hydroxyl groups is 21. The van der Waals surface area contributed by atoms with Gasteiger partial charge < -0.3 is 160 Å². The third-order valence-electron chi connectivity index (χ3n) is 12.6. The van der Waals surface area contributed by atoms with Crippen molar-refractivity contribution in [1.82, 2.24) is 0 Å². The maximum atomic E-state index is 11.7. The van der Waals surface area contributed by atoms with E-state index in [0.717, 1.165) is 0 Å². The van der Waals surface area contributed by atoms with Crippen LogP contribution in [0.1, 0.15) is 6.42 Å². The van der Waals surface area contributed by atoms with Crippen molar-refractivity contribution in [2.45, 2.75) is 190 Å². The van der Waals surface area contributed by atoms with E-state index in [4.69, 9.17) is 53.1 Å². The van der Waals surface area contributed by atoms with Crippen molar-refractivity contribution in [2.75, 3.05) is 46.2 Å². The second kappa shape index (κ2) is 26.5. The number of aliphatic hydroxyl groups excluding tert-OH is 21. The summed E-state index contributed by atoms with van der Waals surface area (Å²) in [7, 11) is 0. The monoisotopic (exact) mass is 1040 g/mol. The van der Waals surface area contributed by atoms with Gasteiger partial charge in [0.15, 0.2) is 31.5 Å². The summed E-state index contributed by atoms with van der Waals surface area (Å²) in [5.41, 5.74) is 5.50. The van der Waals surface area contributed by atoms with Gasteiger partial charge in [0, 0.05) is 0 Å². The van der Waals surface area contributed by atoms with Crippen molar-refractivity contribution in [1.29, 1.82) is 0 Å². The summed E-state index contributed by atoms with van der Waals surface area (Å²) in [6.07, 6.45) is -63.0. The summed E-state index contributed by atoms with van der Waals surface area (Å²) in [5.74, 6) is 0. The van der Waals surface area contributed by atoms with Crippen LogP contribution in [0.15, 0.2) is 0 Å². The third-order valence-corrected chi connectivity index (χ3v) is 12.6. The first kappa shape index (κ1) is 59.6. The second-order valence-electron chi connectivity index (χ2n) is 17.4. The van der Waals surface area contributed by atoms with Crippen LogP contribution in [0, 0.1) is 0 Å². The van der Waals surface area contributed by atoms with Crippen molar-refractivity contribution >= 4 is 0 Å². The van der Waals surface area contributed by atoms with Gasteiger partial charge in [-0.15, -0.1) is 0 Å². The van der Waals surface area contributed by atoms with E-state index >= 15 is 0 Å². The molecule has 23 N–H and O–H groups in total. The predicted molar refractivity (Wildman–Crippen MR) is 214 cm³/mol. The van der Waals surface area contributed by atoms with Crippen LogP contribution < -0.4 is 5.73 Å². The van der Waals surface area contributed by atoms with E-state index in [1.165, 1.54) is 0 Å². The molecule has 0 aliphatic carbocycles. The zero-order valence-corrected chi connectivity index (χ0v) is 37.0. The molecule has 70 heavy (non-hydrogen) atoms. The summed E-state index contributed by atoms with van der Waals surface area (Å²) in [6.45, 7) is -5.47. The molecule has 32 nitrogen and oxygen atoms in total. The molecular formula is C38H69NO31. The Kier molecular flexibility index (Phi) is 22.5. The molecule has 5 fully saturated rings. The molecular weight excluding hydrogens is 966 g/mol. The highest BCUT2D eigenvalue weighted by molar-refractivity contribution is 5.02. The molecule has 0 spiro atoms. The van der Waals surface area contributed by atoms with Gasteiger partial charge in [-0.2, -0.15) is 0 Å². The second-order valence-corrected chi connectivity index (χ2v) is 17.4. The van der Waals surface area contributed by atoms with E-state index in [2.05, 4.69) is 0 Å². The molecule has 10 unspecified atom stereocenters. The Bertz CT molecular complexity index is 1540. The first-order valence-corrected chi connectivity index (χ1v) is 22.3. The normalized spacial score (nSPS) is 47.3. The van der Waals surface area contributed by atoms with Gasteiger partial charge in [-0.25, -0.2) is 0 Å². The molecule has 0 aromatic carbocycles. The minimum absolute atomic E-state index is 0.130. The van der Waals surface area contributed by atoms with Crippen LogP contribution >= 0.6 is 0 Å². The lowest BCUT2D eigenvalue weighted by Gasteiger charge is -2.51. The minimum atomic E-state index is -2.43. The fourth-order valence-electron chi connectivity index (χ4n) is 8.56. The van der Waals surface area contributed by atoms with E-state index in [1.807, 2.05) is 0 Å². The average molecular weight is 1040 g/mol. The first-order valence-electron chi connectivity index (χ1n) is 22.3. The third kappa shape index (κ3) is 12.9. The highest BCUT2D eigenvalue weighted by Crippen LogP contribution is 2.38. The molecule has 30 atom stereocenters. The van der Waals surface area contributed by atoms with Gasteiger partial charge in [-0.1, -0.05) is 0 Å². The van der Waals surface area contributed by atoms with Gasteiger partial charge >= 0.3 is 0 Å². The van der Waals surface area contributed by atoms with E-state index in [9.17, 15) is 107 Å². The van der Waals surface area contributed by atoms with Gasteiger partial charge in [-0.05, 0) is 13.0 Å². The van der Waals surface area contributed by atoms with Gasteiger partial charge in [0.25, 0.3) is 0 Å². The molecule has 0 aromatic rings. The van der Waals surface area contributed by atoms with Crippen molar-refractivity contribution in [3.8, 4) is 0 Å². The highest BCUT2D eigenvalue weighted by atomic mass is 16.8. The fraction of sp³-hybridized carbons (Fsp3) is 1.00. The molecule has 5 heterocycles. The number of hydrogen-bond acceptors (Lipinski definition) is 32. The van der Waals surface area contributed by atoms with Crippen LogP contribution in [0.3, 0.4) is 0 Å². The Morgan fingerprint density at radius 2 is 0.571 bits per heavy atom. The summed E-state index contributed by atoms with van der Waals surface area (Å²) < 4.78 is 55.9. The minimum Gasteiger partial charge on any atom is -0.394 e. The lowest BCUT2D eigenvalue weighted by atomic mass is 9.92. The molecule has 0 aromatic heterocycles. The Balaban J connectivity index is 1.44. The van der Waals surface area contributed by atoms with E-state index in [0.29, 0.717) is 0 Å². The largest absolute Gasteiger partial charge is 0.394 e. The molecule has 0 radical (unpaired) electrons. The lowest BCUT2D eigenvalue weighted by Crippen LogP contribution is -2.70. The van der Waals surface area contributed by atoms with Crippen LogP contribution in [0.5, 0.6) is 0 Å². The van der Waals surface area contributed by atoms with Crippen LogP contribution in [0.2, 0.25) is 0 Å². The summed E-state index contributed by atoms with van der Waals surface area (Å²) >= 11 is 0. The lowest BCUT2D eigenvalue weighted by molar-refractivity contribution is -0.402. The Morgan fingerprint density at radius 1 is 0.329 bits per heavy atom. The Hall–Kier alpha value is -1.28. The molecule has 5 saturated heterocycles. The van der Waals surface area contributed by atoms with Crippen molar-refractivity contribution in [3.63, 3.8) is 0 Å². The average Bonchev–Trinajstić information content (AvgIpc) is 3.35. The zero-order chi connectivity index (χ0) is 52.0. The van der Waals surface area contributed by atoms with Crippen molar-refractivity contribution in [2.24, 2.45) is 5.73 Å². The summed E-state index contributed by atoms with van der Waals surface area (Å²) in [5, 5.41) is 224. The molecule has 5 aliphatic rings. The van der Waals surface area contributed by atoms with Crippen molar-refractivity contribution < 1.29 is 155 Å². The molecule has 0 bridgehead atoms. The smallest absolute Gasteiger partial charge is 0.187 e. The topological polar surface area (TPSA) is 543 Å². The number of hydrogen-bond donors (Lipinski definition) is 22. The quantitative estimate of drug-likeness (QED) is 0.0448. The molecule has 5 aliphatic heterocycles. The van der Waals surface area contributed by atoms with Gasteiger partial charge in [0.2, 0.25) is 0 Å². The molecule has 5 rings (SSSR count). The van der Waals surface area contributed by atoms with E-state index in [-0.39, 0.29) is 19.6 Å². The number of ether oxygens (including phenoxy) is 10. The van der Waals surface area contributed by atoms with Crippen LogP contribution in [0.25, 0.3) is 0 Å². The van der Waals surface area contributed by atoms with Crippen LogP contribution in [-0.4, -0.2) is 337 Å². The highest BCUT2D eigenvalue weighted by Gasteiger charge is 2.59. The molecule has 0 saturated carbocycles. The number of rotatable bonds is 22. The SMILES string of the molecule is NCCCO[C@H]1OC([C@H](O)CO)[C@@H](O)[C@H](O[C@H]2O[C@@H]([C@H](O)CO)[C@@H](O)C(O[C@H]3OC([C@H](O)CO)[C@@H](O)[C@H](O[C@H]4O[C@@H]([C@H](O)CO)[C@@H](O)C(O[C@H]5OC([C@H](O)CO)[C@@H](O)[C@H](O)C5O)C4O)C3O)C2O)C1O. The van der Waals surface area contributed by atoms with E-state index in [1.54, 1.807) is 0 Å². The number of nitrogens with two attached hydrogens (primary N) is 1. The molecule has 32 heteroatoms. The zero-order valence-electron chi connectivity index (χ0n) is 37.0. The standard InChI is InChI=1S/C38H69NO31/c39-2-1-3-61-34-21(57)30(17(53)26(62-34)10(46)5-41)68-36-23(59)32(19(55)28(64-36)12(48)7-43)70-38-24(60)33(20(56)29(66-38)13(49)8-44)69-37-22(58)31(18(54)27(65-37)11(47)6-42)67-35-16(52)14(50)15(51)25(63-35)9(45)4-40/h9-38,40-60H,1-8,39H2/t9-,10-,11-,12-,13-,14+,15+,16?,17-,18-,19-,20-,21?,22?,23?,24?,25?,26?,27+,28+,29?,30+,31?,32?,33+,34+,35-,36-,37-,38-/m1/s1. The van der Waals surface area contributed by atoms with Crippen LogP contribution in [-0.2, 0) is 47.4 Å². The van der Waals surface area contributed by atoms with Crippen molar-refractivity contribution in [3.05, 3.63) is 0 Å². The summed E-state index contributed by atoms with van der Waals surface area (Å²) in [4.78, 5) is 0. The Morgan fingerprint density at radius 3 is 0.843 bits per heavy atom. The fourth-order valence-corrected chi connectivity index (χ4v) is 8.56. The molecule has 412 valence electrons. The van der Waals surface area contributed by atoms with Gasteiger partial charge in [-0.3, -0.25) is 0 Å². The maximum absolute atomic E-state index is 11.7. The molecule has 0 amide bonds.